The summed E-state index contributed by atoms with van der Waals surface area (Å²) < 4.78 is 2.27. The molecular weight excluding hydrogens is 220 g/mol. The predicted molar refractivity (Wildman–Crippen MR) is 78.5 cm³/mol. The highest BCUT2D eigenvalue weighted by Crippen LogP contribution is 2.30. The summed E-state index contributed by atoms with van der Waals surface area (Å²) in [6.07, 6.45) is 6.87. The van der Waals surface area contributed by atoms with Crippen molar-refractivity contribution in [3.8, 4) is 0 Å². The monoisotopic (exact) mass is 248 g/mol. The van der Waals surface area contributed by atoms with E-state index in [-0.39, 0.29) is 0 Å². The minimum atomic E-state index is 0.660. The van der Waals surface area contributed by atoms with Crippen LogP contribution in [0.3, 0.4) is 0 Å². The molecule has 18 heavy (non-hydrogen) atoms. The third-order valence-electron chi connectivity index (χ3n) is 4.17. The van der Waals surface area contributed by atoms with Crippen LogP contribution in [0.15, 0.2) is 12.1 Å². The fourth-order valence-corrected chi connectivity index (χ4v) is 3.34. The van der Waals surface area contributed by atoms with Gasteiger partial charge in [0, 0.05) is 17.4 Å². The zero-order valence-corrected chi connectivity index (χ0v) is 12.4. The summed E-state index contributed by atoms with van der Waals surface area (Å²) in [6.45, 7) is 9.04. The van der Waals surface area contributed by atoms with E-state index >= 15 is 0 Å². The summed E-state index contributed by atoms with van der Waals surface area (Å²) in [6, 6.07) is 5.04. The molecule has 102 valence electrons. The Balaban J connectivity index is 1.93. The first-order valence-corrected chi connectivity index (χ1v) is 7.47. The lowest BCUT2D eigenvalue weighted by Crippen LogP contribution is -2.34. The van der Waals surface area contributed by atoms with Crippen LogP contribution in [0.4, 0.5) is 0 Å². The van der Waals surface area contributed by atoms with Crippen LogP contribution in [0.25, 0.3) is 0 Å². The molecule has 0 bridgehead atoms. The molecule has 0 aromatic carbocycles. The van der Waals surface area contributed by atoms with Crippen LogP contribution in [-0.2, 0) is 0 Å². The molecule has 0 saturated heterocycles. The SMILES string of the molecule is Cc1ccc(C)n1NC1CCCC(CC(C)C)C1. The molecule has 0 radical (unpaired) electrons. The Hall–Kier alpha value is -0.920. The average Bonchev–Trinajstić information content (AvgIpc) is 2.60. The molecule has 2 rings (SSSR count). The summed E-state index contributed by atoms with van der Waals surface area (Å²) >= 11 is 0. The minimum absolute atomic E-state index is 0.660. The number of nitrogens with one attached hydrogen (secondary N) is 1. The van der Waals surface area contributed by atoms with E-state index in [2.05, 4.69) is 49.9 Å². The smallest absolute Gasteiger partial charge is 0.0427 e. The van der Waals surface area contributed by atoms with Gasteiger partial charge in [-0.2, -0.15) is 0 Å². The van der Waals surface area contributed by atoms with E-state index < -0.39 is 0 Å². The molecule has 1 saturated carbocycles. The lowest BCUT2D eigenvalue weighted by Gasteiger charge is -2.32. The molecule has 1 heterocycles. The fourth-order valence-electron chi connectivity index (χ4n) is 3.34. The second-order valence-electron chi connectivity index (χ2n) is 6.44. The van der Waals surface area contributed by atoms with Crippen molar-refractivity contribution in [2.24, 2.45) is 11.8 Å². The Labute approximate surface area is 112 Å². The first-order valence-electron chi connectivity index (χ1n) is 7.47. The van der Waals surface area contributed by atoms with Crippen molar-refractivity contribution >= 4 is 0 Å². The summed E-state index contributed by atoms with van der Waals surface area (Å²) in [4.78, 5) is 0. The van der Waals surface area contributed by atoms with Gasteiger partial charge in [0.1, 0.15) is 0 Å². The van der Waals surface area contributed by atoms with Crippen LogP contribution in [0.2, 0.25) is 0 Å². The van der Waals surface area contributed by atoms with Crippen LogP contribution >= 0.6 is 0 Å². The summed E-state index contributed by atoms with van der Waals surface area (Å²) in [7, 11) is 0. The van der Waals surface area contributed by atoms with E-state index in [1.807, 2.05) is 0 Å². The van der Waals surface area contributed by atoms with E-state index in [4.69, 9.17) is 0 Å². The maximum Gasteiger partial charge on any atom is 0.0427 e. The lowest BCUT2D eigenvalue weighted by atomic mass is 9.81. The van der Waals surface area contributed by atoms with Crippen LogP contribution in [0.1, 0.15) is 57.3 Å². The van der Waals surface area contributed by atoms with Gasteiger partial charge in [-0.1, -0.05) is 26.7 Å². The fraction of sp³-hybridized carbons (Fsp3) is 0.750. The van der Waals surface area contributed by atoms with Crippen LogP contribution < -0.4 is 5.43 Å². The van der Waals surface area contributed by atoms with Gasteiger partial charge in [0.2, 0.25) is 0 Å². The number of hydrogen-bond donors (Lipinski definition) is 1. The van der Waals surface area contributed by atoms with E-state index in [0.717, 1.165) is 11.8 Å². The molecule has 1 aliphatic carbocycles. The molecule has 1 N–H and O–H groups in total. The third-order valence-corrected chi connectivity index (χ3v) is 4.17. The van der Waals surface area contributed by atoms with Gasteiger partial charge in [-0.3, -0.25) is 4.68 Å². The standard InChI is InChI=1S/C16H28N2/c1-12(2)10-15-6-5-7-16(11-15)17-18-13(3)8-9-14(18)4/h8-9,12,15-17H,5-7,10-11H2,1-4H3. The summed E-state index contributed by atoms with van der Waals surface area (Å²) in [5.41, 5.74) is 6.35. The van der Waals surface area contributed by atoms with Gasteiger partial charge >= 0.3 is 0 Å². The Morgan fingerprint density at radius 1 is 1.22 bits per heavy atom. The van der Waals surface area contributed by atoms with E-state index in [0.29, 0.717) is 6.04 Å². The second kappa shape index (κ2) is 5.81. The largest absolute Gasteiger partial charge is 0.323 e. The molecule has 0 aliphatic heterocycles. The van der Waals surface area contributed by atoms with Crippen LogP contribution in [0, 0.1) is 25.7 Å². The molecule has 1 aromatic heterocycles. The molecule has 0 spiro atoms. The minimum Gasteiger partial charge on any atom is -0.323 e. The van der Waals surface area contributed by atoms with E-state index in [1.54, 1.807) is 0 Å². The molecule has 2 heteroatoms. The van der Waals surface area contributed by atoms with E-state index in [1.165, 1.54) is 43.5 Å². The van der Waals surface area contributed by atoms with Gasteiger partial charge in [-0.15, -0.1) is 0 Å². The van der Waals surface area contributed by atoms with Crippen LogP contribution in [-0.4, -0.2) is 10.7 Å². The quantitative estimate of drug-likeness (QED) is 0.842. The van der Waals surface area contributed by atoms with Gasteiger partial charge in [0.15, 0.2) is 0 Å². The molecular formula is C16H28N2. The molecule has 2 atom stereocenters. The van der Waals surface area contributed by atoms with Crippen molar-refractivity contribution in [1.82, 2.24) is 4.68 Å². The number of aromatic nitrogens is 1. The van der Waals surface area contributed by atoms with Crippen molar-refractivity contribution in [3.05, 3.63) is 23.5 Å². The Morgan fingerprint density at radius 3 is 2.50 bits per heavy atom. The zero-order chi connectivity index (χ0) is 13.1. The zero-order valence-electron chi connectivity index (χ0n) is 12.4. The second-order valence-corrected chi connectivity index (χ2v) is 6.44. The first-order chi connectivity index (χ1) is 8.56. The molecule has 0 amide bonds. The van der Waals surface area contributed by atoms with Crippen molar-refractivity contribution in [3.63, 3.8) is 0 Å². The lowest BCUT2D eigenvalue weighted by molar-refractivity contribution is 0.280. The third kappa shape index (κ3) is 3.30. The first kappa shape index (κ1) is 13.5. The number of nitrogens with zero attached hydrogens (tertiary/aromatic N) is 1. The average molecular weight is 248 g/mol. The van der Waals surface area contributed by atoms with Crippen LogP contribution in [0.5, 0.6) is 0 Å². The van der Waals surface area contributed by atoms with E-state index in [9.17, 15) is 0 Å². The van der Waals surface area contributed by atoms with Gasteiger partial charge < -0.3 is 5.43 Å². The van der Waals surface area contributed by atoms with Gasteiger partial charge in [-0.25, -0.2) is 0 Å². The van der Waals surface area contributed by atoms with Gasteiger partial charge in [0.05, 0.1) is 0 Å². The number of aryl methyl sites for hydroxylation is 2. The molecule has 2 unspecified atom stereocenters. The molecule has 1 aliphatic rings. The molecule has 1 fully saturated rings. The molecule has 2 nitrogen and oxygen atoms in total. The van der Waals surface area contributed by atoms with Crippen molar-refractivity contribution in [2.75, 3.05) is 5.43 Å². The Bertz CT molecular complexity index is 359. The maximum atomic E-state index is 3.72. The van der Waals surface area contributed by atoms with Crippen molar-refractivity contribution < 1.29 is 0 Å². The maximum absolute atomic E-state index is 3.72. The Morgan fingerprint density at radius 2 is 1.89 bits per heavy atom. The van der Waals surface area contributed by atoms with Gasteiger partial charge in [0.25, 0.3) is 0 Å². The topological polar surface area (TPSA) is 17.0 Å². The van der Waals surface area contributed by atoms with Gasteiger partial charge in [-0.05, 0) is 57.1 Å². The summed E-state index contributed by atoms with van der Waals surface area (Å²) in [5.74, 6) is 1.76. The molecule has 1 aromatic rings. The predicted octanol–water partition coefficient (Wildman–Crippen LogP) is 4.25. The normalized spacial score (nSPS) is 24.5. The highest BCUT2D eigenvalue weighted by molar-refractivity contribution is 5.16. The Kier molecular flexibility index (Phi) is 4.36. The highest BCUT2D eigenvalue weighted by Gasteiger charge is 2.23. The van der Waals surface area contributed by atoms with Crippen molar-refractivity contribution in [2.45, 2.75) is 65.8 Å². The van der Waals surface area contributed by atoms with Crippen molar-refractivity contribution in [1.29, 1.82) is 0 Å². The summed E-state index contributed by atoms with van der Waals surface area (Å²) in [5, 5.41) is 0. The number of hydrogen-bond acceptors (Lipinski definition) is 1. The highest BCUT2D eigenvalue weighted by atomic mass is 15.4. The number of rotatable bonds is 4.